The minimum atomic E-state index is -0.856. The molecule has 2 aromatic rings. The van der Waals surface area contributed by atoms with Gasteiger partial charge in [-0.3, -0.25) is 24.6 Å². The number of esters is 2. The van der Waals surface area contributed by atoms with E-state index in [1.807, 2.05) is 0 Å². The molecule has 2 heterocycles. The summed E-state index contributed by atoms with van der Waals surface area (Å²) in [5, 5.41) is 2.49. The Morgan fingerprint density at radius 2 is 1.56 bits per heavy atom. The van der Waals surface area contributed by atoms with Crippen LogP contribution in [0.2, 0.25) is 0 Å². The molecular weight excluding hydrogens is 468 g/mol. The molecule has 0 radical (unpaired) electrons. The van der Waals surface area contributed by atoms with E-state index in [0.29, 0.717) is 0 Å². The lowest BCUT2D eigenvalue weighted by Gasteiger charge is -2.29. The van der Waals surface area contributed by atoms with Crippen molar-refractivity contribution in [3.63, 3.8) is 0 Å². The highest BCUT2D eigenvalue weighted by Crippen LogP contribution is 2.33. The molecule has 0 unspecified atom stereocenters. The van der Waals surface area contributed by atoms with Gasteiger partial charge in [-0.15, -0.1) is 0 Å². The summed E-state index contributed by atoms with van der Waals surface area (Å²) in [5.74, 6) is -3.29. The van der Waals surface area contributed by atoms with Crippen LogP contribution >= 0.6 is 0 Å². The Labute approximate surface area is 207 Å². The number of nitrogens with one attached hydrogen (secondary N) is 1. The van der Waals surface area contributed by atoms with E-state index in [9.17, 15) is 24.0 Å². The molecule has 1 N–H and O–H groups in total. The zero-order valence-corrected chi connectivity index (χ0v) is 20.5. The molecule has 190 valence electrons. The van der Waals surface area contributed by atoms with Crippen LogP contribution in [0, 0.1) is 6.92 Å². The molecular formula is C26H28N2O8. The summed E-state index contributed by atoms with van der Waals surface area (Å²) in [4.78, 5) is 65.4. The first-order valence-corrected chi connectivity index (χ1v) is 12.1. The molecule has 4 rings (SSSR count). The maximum Gasteiger partial charge on any atom is 0.344 e. The molecule has 1 aliphatic heterocycles. The van der Waals surface area contributed by atoms with E-state index in [1.165, 1.54) is 30.0 Å². The maximum atomic E-state index is 13.1. The van der Waals surface area contributed by atoms with Gasteiger partial charge in [0.25, 0.3) is 17.7 Å². The van der Waals surface area contributed by atoms with E-state index in [4.69, 9.17) is 13.9 Å². The molecule has 0 atom stereocenters. The number of rotatable bonds is 7. The molecule has 10 heteroatoms. The Morgan fingerprint density at radius 3 is 2.19 bits per heavy atom. The van der Waals surface area contributed by atoms with Crippen LogP contribution in [0.4, 0.5) is 5.88 Å². The smallest absolute Gasteiger partial charge is 0.344 e. The van der Waals surface area contributed by atoms with Crippen molar-refractivity contribution in [2.45, 2.75) is 58.9 Å². The first-order valence-electron chi connectivity index (χ1n) is 12.1. The van der Waals surface area contributed by atoms with E-state index < -0.39 is 23.8 Å². The Kier molecular flexibility index (Phi) is 7.23. The van der Waals surface area contributed by atoms with Gasteiger partial charge in [0, 0.05) is 11.6 Å². The fourth-order valence-corrected chi connectivity index (χ4v) is 4.73. The van der Waals surface area contributed by atoms with Gasteiger partial charge < -0.3 is 13.9 Å². The molecule has 1 aromatic carbocycles. The van der Waals surface area contributed by atoms with Crippen LogP contribution in [0.5, 0.6) is 0 Å². The number of nitrogens with zero attached hydrogens (tertiary/aromatic N) is 1. The molecule has 1 aromatic heterocycles. The zero-order chi connectivity index (χ0) is 26.0. The number of amides is 3. The summed E-state index contributed by atoms with van der Waals surface area (Å²) in [5.41, 5.74) is 0.113. The summed E-state index contributed by atoms with van der Waals surface area (Å²) >= 11 is 0. The lowest BCUT2D eigenvalue weighted by atomic mass is 9.94. The molecule has 0 spiro atoms. The number of benzene rings is 1. The van der Waals surface area contributed by atoms with Gasteiger partial charge in [0.15, 0.2) is 0 Å². The number of hydrogen-bond donors (Lipinski definition) is 1. The minimum Gasteiger partial charge on any atom is -0.462 e. The average molecular weight is 497 g/mol. The zero-order valence-electron chi connectivity index (χ0n) is 20.5. The van der Waals surface area contributed by atoms with Crippen LogP contribution < -0.4 is 5.32 Å². The highest BCUT2D eigenvalue weighted by Gasteiger charge is 2.40. The fraction of sp³-hybridized carbons (Fsp3) is 0.423. The van der Waals surface area contributed by atoms with Crippen molar-refractivity contribution in [2.75, 3.05) is 18.5 Å². The Morgan fingerprint density at radius 1 is 0.944 bits per heavy atom. The summed E-state index contributed by atoms with van der Waals surface area (Å²) < 4.78 is 15.6. The molecule has 0 bridgehead atoms. The van der Waals surface area contributed by atoms with Crippen LogP contribution in [0.1, 0.15) is 104 Å². The van der Waals surface area contributed by atoms with E-state index in [-0.39, 0.29) is 64.6 Å². The second-order valence-electron chi connectivity index (χ2n) is 8.66. The van der Waals surface area contributed by atoms with Crippen LogP contribution in [0.3, 0.4) is 0 Å². The van der Waals surface area contributed by atoms with E-state index >= 15 is 0 Å². The van der Waals surface area contributed by atoms with Crippen molar-refractivity contribution in [3.05, 3.63) is 51.8 Å². The second kappa shape index (κ2) is 10.3. The molecule has 10 nitrogen and oxygen atoms in total. The van der Waals surface area contributed by atoms with Gasteiger partial charge in [-0.05, 0) is 51.8 Å². The molecule has 1 fully saturated rings. The number of anilines is 1. The first kappa shape index (κ1) is 25.2. The summed E-state index contributed by atoms with van der Waals surface area (Å²) in [6.45, 7) is 4.80. The monoisotopic (exact) mass is 496 g/mol. The van der Waals surface area contributed by atoms with Gasteiger partial charge in [-0.2, -0.15) is 0 Å². The quantitative estimate of drug-likeness (QED) is 0.447. The SMILES string of the molecule is CCOC(=O)c1c(C)oc(NC(=O)c2ccc3c(c2)C(=O)N(C2CCCCC2)C3=O)c1C(=O)OCC. The van der Waals surface area contributed by atoms with Gasteiger partial charge in [0.05, 0.1) is 24.3 Å². The van der Waals surface area contributed by atoms with Gasteiger partial charge in [-0.1, -0.05) is 19.3 Å². The Hall–Kier alpha value is -3.95. The molecule has 1 saturated carbocycles. The highest BCUT2D eigenvalue weighted by atomic mass is 16.5. The maximum absolute atomic E-state index is 13.1. The minimum absolute atomic E-state index is 0.0389. The predicted octanol–water partition coefficient (Wildman–Crippen LogP) is 4.12. The third kappa shape index (κ3) is 4.50. The first-order chi connectivity index (χ1) is 17.3. The van der Waals surface area contributed by atoms with Crippen LogP contribution in [0.25, 0.3) is 0 Å². The number of carbonyl (C=O) groups excluding carboxylic acids is 5. The lowest BCUT2D eigenvalue weighted by Crippen LogP contribution is -2.40. The van der Waals surface area contributed by atoms with Crippen molar-refractivity contribution < 1.29 is 37.9 Å². The van der Waals surface area contributed by atoms with Crippen molar-refractivity contribution in [1.29, 1.82) is 0 Å². The van der Waals surface area contributed by atoms with Crippen molar-refractivity contribution >= 4 is 35.5 Å². The third-order valence-corrected chi connectivity index (χ3v) is 6.39. The molecule has 2 aliphatic rings. The van der Waals surface area contributed by atoms with Gasteiger partial charge in [0.1, 0.15) is 16.9 Å². The standard InChI is InChI=1S/C26H28N2O8/c1-4-34-25(32)19-14(3)36-22(20(19)26(33)35-5-2)27-21(29)15-11-12-17-18(13-15)24(31)28(23(17)30)16-9-7-6-8-10-16/h11-13,16H,4-10H2,1-3H3,(H,27,29). The van der Waals surface area contributed by atoms with Gasteiger partial charge >= 0.3 is 11.9 Å². The molecule has 1 aliphatic carbocycles. The summed E-state index contributed by atoms with van der Waals surface area (Å²) in [6.07, 6.45) is 4.56. The summed E-state index contributed by atoms with van der Waals surface area (Å²) in [6, 6.07) is 4.11. The number of furan rings is 1. The molecule has 3 amide bonds. The van der Waals surface area contributed by atoms with Crippen molar-refractivity contribution in [2.24, 2.45) is 0 Å². The predicted molar refractivity (Wildman–Crippen MR) is 127 cm³/mol. The van der Waals surface area contributed by atoms with Gasteiger partial charge in [0.2, 0.25) is 5.88 Å². The van der Waals surface area contributed by atoms with Crippen LogP contribution in [-0.2, 0) is 9.47 Å². The number of aryl methyl sites for hydroxylation is 1. The number of carbonyl (C=O) groups is 5. The van der Waals surface area contributed by atoms with Crippen molar-refractivity contribution in [3.8, 4) is 0 Å². The molecule has 0 saturated heterocycles. The summed E-state index contributed by atoms with van der Waals surface area (Å²) in [7, 11) is 0. The van der Waals surface area contributed by atoms with Crippen LogP contribution in [0.15, 0.2) is 22.6 Å². The number of hydrogen-bond acceptors (Lipinski definition) is 8. The van der Waals surface area contributed by atoms with E-state index in [2.05, 4.69) is 5.32 Å². The fourth-order valence-electron chi connectivity index (χ4n) is 4.73. The average Bonchev–Trinajstić information content (AvgIpc) is 3.32. The van der Waals surface area contributed by atoms with E-state index in [1.54, 1.807) is 13.8 Å². The van der Waals surface area contributed by atoms with Gasteiger partial charge in [-0.25, -0.2) is 9.59 Å². The second-order valence-corrected chi connectivity index (χ2v) is 8.66. The van der Waals surface area contributed by atoms with Crippen molar-refractivity contribution in [1.82, 2.24) is 4.90 Å². The van der Waals surface area contributed by atoms with E-state index in [0.717, 1.165) is 32.1 Å². The lowest BCUT2D eigenvalue weighted by molar-refractivity contribution is 0.0480. The topological polar surface area (TPSA) is 132 Å². The highest BCUT2D eigenvalue weighted by molar-refractivity contribution is 6.22. The Bertz CT molecular complexity index is 1240. The van der Waals surface area contributed by atoms with Crippen LogP contribution in [-0.4, -0.2) is 53.8 Å². The number of ether oxygens (including phenoxy) is 2. The number of imide groups is 1. The Balaban J connectivity index is 1.62. The normalized spacial score (nSPS) is 15.6. The molecule has 36 heavy (non-hydrogen) atoms. The number of fused-ring (bicyclic) bond motifs is 1. The largest absolute Gasteiger partial charge is 0.462 e. The third-order valence-electron chi connectivity index (χ3n) is 6.39.